The molecular formula is C23H25ClFN7O. The van der Waals surface area contributed by atoms with Crippen LogP contribution in [0.4, 0.5) is 10.3 Å². The van der Waals surface area contributed by atoms with Crippen molar-refractivity contribution in [2.75, 3.05) is 31.2 Å². The van der Waals surface area contributed by atoms with Crippen LogP contribution in [0, 0.1) is 26.6 Å². The van der Waals surface area contributed by atoms with Crippen LogP contribution in [-0.2, 0) is 11.8 Å². The summed E-state index contributed by atoms with van der Waals surface area (Å²) in [5.41, 5.74) is 3.22. The topological polar surface area (TPSA) is 81.8 Å². The second-order valence-corrected chi connectivity index (χ2v) is 8.18. The number of aromatic nitrogens is 6. The highest BCUT2D eigenvalue weighted by Crippen LogP contribution is 2.30. The molecule has 1 aliphatic rings. The molecule has 0 unspecified atom stereocenters. The number of ether oxygens (including phenoxy) is 1. The molecule has 0 saturated carbocycles. The smallest absolute Gasteiger partial charge is 0.228 e. The molecule has 0 atom stereocenters. The molecule has 1 aromatic carbocycles. The van der Waals surface area contributed by atoms with E-state index in [0.29, 0.717) is 59.7 Å². The number of aryl methyl sites for hydroxylation is 4. The Hall–Kier alpha value is -3.17. The molecule has 172 valence electrons. The third-order valence-electron chi connectivity index (χ3n) is 5.47. The van der Waals surface area contributed by atoms with Crippen LogP contribution >= 0.6 is 11.6 Å². The molecular weight excluding hydrogens is 445 g/mol. The van der Waals surface area contributed by atoms with Crippen molar-refractivity contribution in [1.82, 2.24) is 29.5 Å². The molecule has 1 aliphatic heterocycles. The van der Waals surface area contributed by atoms with Crippen LogP contribution in [0.15, 0.2) is 30.6 Å². The maximum Gasteiger partial charge on any atom is 0.228 e. The maximum atomic E-state index is 14.6. The number of rotatable bonds is 2. The summed E-state index contributed by atoms with van der Waals surface area (Å²) in [7, 11) is 1.97. The van der Waals surface area contributed by atoms with Crippen molar-refractivity contribution in [1.29, 1.82) is 0 Å². The maximum absolute atomic E-state index is 14.6. The summed E-state index contributed by atoms with van der Waals surface area (Å²) in [6.45, 7) is 8.26. The third kappa shape index (κ3) is 5.09. The second-order valence-electron chi connectivity index (χ2n) is 7.75. The average Bonchev–Trinajstić information content (AvgIpc) is 3.17. The van der Waals surface area contributed by atoms with Gasteiger partial charge in [-0.1, -0.05) is 11.6 Å². The number of nitrogens with zero attached hydrogens (tertiary/aromatic N) is 7. The number of imidazole rings is 1. The fourth-order valence-electron chi connectivity index (χ4n) is 3.32. The minimum atomic E-state index is -0.453. The highest BCUT2D eigenvalue weighted by molar-refractivity contribution is 6.30. The monoisotopic (exact) mass is 469 g/mol. The summed E-state index contributed by atoms with van der Waals surface area (Å²) in [5.74, 6) is 1.10. The van der Waals surface area contributed by atoms with Gasteiger partial charge >= 0.3 is 0 Å². The Morgan fingerprint density at radius 3 is 2.33 bits per heavy atom. The molecule has 4 aromatic rings. The van der Waals surface area contributed by atoms with Crippen molar-refractivity contribution in [3.63, 3.8) is 0 Å². The van der Waals surface area contributed by atoms with Crippen molar-refractivity contribution in [3.05, 3.63) is 58.6 Å². The van der Waals surface area contributed by atoms with Crippen molar-refractivity contribution < 1.29 is 9.13 Å². The van der Waals surface area contributed by atoms with Crippen molar-refractivity contribution in [2.45, 2.75) is 20.8 Å². The SMILES string of the molecule is Cc1nc2nc(N3CCOCC3)nc(-c3ccc(Cl)cc3F)c2nc1C.Cc1nccn1C. The number of morpholine rings is 1. The molecule has 10 heteroatoms. The summed E-state index contributed by atoms with van der Waals surface area (Å²) in [6.07, 6.45) is 3.71. The molecule has 0 bridgehead atoms. The first kappa shape index (κ1) is 23.0. The van der Waals surface area contributed by atoms with E-state index in [1.165, 1.54) is 6.07 Å². The van der Waals surface area contributed by atoms with Crippen molar-refractivity contribution in [3.8, 4) is 11.3 Å². The molecule has 3 aromatic heterocycles. The first-order valence-electron chi connectivity index (χ1n) is 10.6. The van der Waals surface area contributed by atoms with Gasteiger partial charge in [-0.15, -0.1) is 0 Å². The van der Waals surface area contributed by atoms with Crippen molar-refractivity contribution >= 4 is 28.7 Å². The fraction of sp³-hybridized carbons (Fsp3) is 0.348. The molecule has 0 amide bonds. The summed E-state index contributed by atoms with van der Waals surface area (Å²) in [4.78, 5) is 24.3. The Labute approximate surface area is 196 Å². The van der Waals surface area contributed by atoms with Gasteiger partial charge in [0.05, 0.1) is 24.6 Å². The van der Waals surface area contributed by atoms with E-state index >= 15 is 0 Å². The summed E-state index contributed by atoms with van der Waals surface area (Å²) in [5, 5.41) is 0.330. The largest absolute Gasteiger partial charge is 0.378 e. The summed E-state index contributed by atoms with van der Waals surface area (Å²) >= 11 is 5.90. The molecule has 1 fully saturated rings. The van der Waals surface area contributed by atoms with E-state index in [1.807, 2.05) is 43.5 Å². The number of halogens is 2. The van der Waals surface area contributed by atoms with E-state index in [0.717, 1.165) is 17.2 Å². The van der Waals surface area contributed by atoms with E-state index in [4.69, 9.17) is 16.3 Å². The zero-order valence-corrected chi connectivity index (χ0v) is 19.8. The van der Waals surface area contributed by atoms with E-state index in [1.54, 1.807) is 18.3 Å². The Kier molecular flexibility index (Phi) is 6.80. The van der Waals surface area contributed by atoms with Gasteiger partial charge in [-0.2, -0.15) is 4.98 Å². The van der Waals surface area contributed by atoms with Crippen LogP contribution in [0.3, 0.4) is 0 Å². The average molecular weight is 470 g/mol. The normalized spacial score (nSPS) is 13.7. The number of fused-ring (bicyclic) bond motifs is 1. The van der Waals surface area contributed by atoms with E-state index < -0.39 is 5.82 Å². The van der Waals surface area contributed by atoms with Gasteiger partial charge in [0.1, 0.15) is 22.9 Å². The van der Waals surface area contributed by atoms with Crippen LogP contribution in [0.1, 0.15) is 17.2 Å². The number of hydrogen-bond acceptors (Lipinski definition) is 7. The predicted octanol–water partition coefficient (Wildman–Crippen LogP) is 4.06. The quantitative estimate of drug-likeness (QED) is 0.437. The Balaban J connectivity index is 0.000000318. The molecule has 33 heavy (non-hydrogen) atoms. The predicted molar refractivity (Wildman–Crippen MR) is 126 cm³/mol. The minimum Gasteiger partial charge on any atom is -0.378 e. The van der Waals surface area contributed by atoms with Crippen LogP contribution < -0.4 is 4.90 Å². The van der Waals surface area contributed by atoms with Crippen LogP contribution in [-0.4, -0.2) is 55.8 Å². The Morgan fingerprint density at radius 2 is 1.73 bits per heavy atom. The standard InChI is InChI=1S/C18H17ClFN5O.C5H8N2/c1-10-11(2)22-17-16(21-10)15(13-4-3-12(19)9-14(13)20)23-18(24-17)25-5-7-26-8-6-25;1-5-6-3-4-7(5)2/h3-4,9H,5-8H2,1-2H3;3-4H,1-2H3. The van der Waals surface area contributed by atoms with E-state index in [9.17, 15) is 4.39 Å². The lowest BCUT2D eigenvalue weighted by Crippen LogP contribution is -2.37. The fourth-order valence-corrected chi connectivity index (χ4v) is 3.47. The molecule has 4 heterocycles. The van der Waals surface area contributed by atoms with Gasteiger partial charge in [0.2, 0.25) is 5.95 Å². The molecule has 5 rings (SSSR count). The number of hydrogen-bond donors (Lipinski definition) is 0. The second kappa shape index (κ2) is 9.76. The van der Waals surface area contributed by atoms with Gasteiger partial charge in [-0.05, 0) is 39.0 Å². The lowest BCUT2D eigenvalue weighted by atomic mass is 10.1. The molecule has 8 nitrogen and oxygen atoms in total. The van der Waals surface area contributed by atoms with E-state index in [2.05, 4.69) is 24.9 Å². The van der Waals surface area contributed by atoms with E-state index in [-0.39, 0.29) is 0 Å². The van der Waals surface area contributed by atoms with Gasteiger partial charge in [-0.3, -0.25) is 0 Å². The molecule has 0 N–H and O–H groups in total. The molecule has 0 aliphatic carbocycles. The minimum absolute atomic E-state index is 0.328. The third-order valence-corrected chi connectivity index (χ3v) is 5.71. The summed E-state index contributed by atoms with van der Waals surface area (Å²) < 4.78 is 22.0. The van der Waals surface area contributed by atoms with Gasteiger partial charge < -0.3 is 14.2 Å². The lowest BCUT2D eigenvalue weighted by Gasteiger charge is -2.27. The van der Waals surface area contributed by atoms with Gasteiger partial charge in [0.25, 0.3) is 0 Å². The van der Waals surface area contributed by atoms with Crippen LogP contribution in [0.25, 0.3) is 22.4 Å². The van der Waals surface area contributed by atoms with Crippen LogP contribution in [0.2, 0.25) is 5.02 Å². The Morgan fingerprint density at radius 1 is 1.00 bits per heavy atom. The first-order chi connectivity index (χ1) is 15.8. The highest BCUT2D eigenvalue weighted by Gasteiger charge is 2.21. The number of anilines is 1. The highest BCUT2D eigenvalue weighted by atomic mass is 35.5. The molecule has 0 spiro atoms. The van der Waals surface area contributed by atoms with Gasteiger partial charge in [-0.25, -0.2) is 24.3 Å². The Bertz CT molecular complexity index is 1270. The first-order valence-corrected chi connectivity index (χ1v) is 11.0. The zero-order valence-electron chi connectivity index (χ0n) is 19.0. The molecule has 1 saturated heterocycles. The lowest BCUT2D eigenvalue weighted by molar-refractivity contribution is 0.122. The van der Waals surface area contributed by atoms with Crippen LogP contribution in [0.5, 0.6) is 0 Å². The van der Waals surface area contributed by atoms with Gasteiger partial charge in [0.15, 0.2) is 5.65 Å². The van der Waals surface area contributed by atoms with Crippen molar-refractivity contribution in [2.24, 2.45) is 7.05 Å². The summed E-state index contributed by atoms with van der Waals surface area (Å²) in [6, 6.07) is 4.52. The molecule has 0 radical (unpaired) electrons. The van der Waals surface area contributed by atoms with Gasteiger partial charge in [0, 0.05) is 43.1 Å². The number of benzene rings is 1. The zero-order chi connectivity index (χ0) is 23.5.